The summed E-state index contributed by atoms with van der Waals surface area (Å²) in [4.78, 5) is 11.4. The second kappa shape index (κ2) is 6.30. The molecule has 0 unspecified atom stereocenters. The Morgan fingerprint density at radius 3 is 2.41 bits per heavy atom. The number of nitrogens with one attached hydrogen (secondary N) is 2. The number of rotatable bonds is 5. The summed E-state index contributed by atoms with van der Waals surface area (Å²) < 4.78 is 26.4. The maximum atomic E-state index is 13.2. The van der Waals surface area contributed by atoms with E-state index in [1.165, 1.54) is 6.07 Å². The second-order valence-electron chi connectivity index (χ2n) is 4.00. The zero-order valence-electron chi connectivity index (χ0n) is 9.89. The van der Waals surface area contributed by atoms with Crippen LogP contribution in [0, 0.1) is 11.6 Å². The molecule has 1 rings (SSSR count). The number of anilines is 1. The minimum atomic E-state index is -0.768. The summed E-state index contributed by atoms with van der Waals surface area (Å²) in [5.74, 6) is -1.95. The lowest BCUT2D eigenvalue weighted by Gasteiger charge is -2.09. The Hall–Kier alpha value is -1.49. The van der Waals surface area contributed by atoms with Crippen molar-refractivity contribution in [3.05, 3.63) is 29.8 Å². The van der Waals surface area contributed by atoms with Gasteiger partial charge in [-0.1, -0.05) is 19.9 Å². The Morgan fingerprint density at radius 1 is 1.29 bits per heavy atom. The van der Waals surface area contributed by atoms with Gasteiger partial charge in [0.15, 0.2) is 0 Å². The molecular weight excluding hydrogens is 226 g/mol. The molecule has 0 heterocycles. The van der Waals surface area contributed by atoms with E-state index < -0.39 is 17.5 Å². The third-order valence-electron chi connectivity index (χ3n) is 2.13. The van der Waals surface area contributed by atoms with Gasteiger partial charge in [-0.3, -0.25) is 4.79 Å². The summed E-state index contributed by atoms with van der Waals surface area (Å²) in [5, 5.41) is 5.27. The Balaban J connectivity index is 2.51. The number of para-hydroxylation sites is 1. The topological polar surface area (TPSA) is 41.1 Å². The monoisotopic (exact) mass is 242 g/mol. The van der Waals surface area contributed by atoms with Crippen molar-refractivity contribution < 1.29 is 13.6 Å². The molecule has 0 radical (unpaired) electrons. The van der Waals surface area contributed by atoms with Crippen molar-refractivity contribution >= 4 is 11.6 Å². The van der Waals surface area contributed by atoms with E-state index in [2.05, 4.69) is 10.6 Å². The molecule has 0 atom stereocenters. The van der Waals surface area contributed by atoms with Gasteiger partial charge < -0.3 is 10.6 Å². The molecule has 0 bridgehead atoms. The van der Waals surface area contributed by atoms with E-state index in [1.54, 1.807) is 0 Å². The largest absolute Gasteiger partial charge is 0.321 e. The number of carbonyl (C=O) groups is 1. The van der Waals surface area contributed by atoms with Crippen molar-refractivity contribution in [2.24, 2.45) is 0 Å². The van der Waals surface area contributed by atoms with Crippen LogP contribution in [0.4, 0.5) is 14.5 Å². The fraction of sp³-hybridized carbons (Fsp3) is 0.417. The van der Waals surface area contributed by atoms with E-state index in [0.29, 0.717) is 6.54 Å². The Kier molecular flexibility index (Phi) is 5.03. The predicted molar refractivity (Wildman–Crippen MR) is 62.7 cm³/mol. The summed E-state index contributed by atoms with van der Waals surface area (Å²) in [6.07, 6.45) is 0.173. The smallest absolute Gasteiger partial charge is 0.225 e. The van der Waals surface area contributed by atoms with E-state index in [1.807, 2.05) is 13.8 Å². The number of hydrogen-bond acceptors (Lipinski definition) is 2. The third kappa shape index (κ3) is 4.48. The highest BCUT2D eigenvalue weighted by Crippen LogP contribution is 2.17. The summed E-state index contributed by atoms with van der Waals surface area (Å²) in [7, 11) is 0. The highest BCUT2D eigenvalue weighted by Gasteiger charge is 2.11. The van der Waals surface area contributed by atoms with Crippen LogP contribution in [0.5, 0.6) is 0 Å². The van der Waals surface area contributed by atoms with Crippen molar-refractivity contribution in [1.82, 2.24) is 5.32 Å². The summed E-state index contributed by atoms with van der Waals surface area (Å²) in [6, 6.07) is 3.73. The molecule has 0 saturated carbocycles. The van der Waals surface area contributed by atoms with Crippen LogP contribution >= 0.6 is 0 Å². The molecule has 17 heavy (non-hydrogen) atoms. The van der Waals surface area contributed by atoms with Crippen molar-refractivity contribution in [2.75, 3.05) is 11.9 Å². The van der Waals surface area contributed by atoms with Crippen molar-refractivity contribution in [1.29, 1.82) is 0 Å². The Bertz CT molecular complexity index is 374. The van der Waals surface area contributed by atoms with Gasteiger partial charge in [-0.05, 0) is 12.1 Å². The van der Waals surface area contributed by atoms with Gasteiger partial charge in [0, 0.05) is 19.0 Å². The molecule has 0 aliphatic heterocycles. The van der Waals surface area contributed by atoms with Crippen molar-refractivity contribution in [2.45, 2.75) is 26.3 Å². The molecule has 1 aromatic carbocycles. The number of carbonyl (C=O) groups excluding carboxylic acids is 1. The molecule has 1 aromatic rings. The minimum Gasteiger partial charge on any atom is -0.321 e. The average Bonchev–Trinajstić information content (AvgIpc) is 2.23. The van der Waals surface area contributed by atoms with Crippen LogP contribution < -0.4 is 10.6 Å². The van der Waals surface area contributed by atoms with Gasteiger partial charge in [0.1, 0.15) is 17.3 Å². The summed E-state index contributed by atoms with van der Waals surface area (Å²) >= 11 is 0. The second-order valence-corrected chi connectivity index (χ2v) is 4.00. The van der Waals surface area contributed by atoms with Crippen LogP contribution in [0.25, 0.3) is 0 Å². The summed E-state index contributed by atoms with van der Waals surface area (Å²) in [6.45, 7) is 4.38. The molecule has 0 fully saturated rings. The van der Waals surface area contributed by atoms with E-state index >= 15 is 0 Å². The average molecular weight is 242 g/mol. The zero-order chi connectivity index (χ0) is 12.8. The standard InChI is InChI=1S/C12H16F2N2O/c1-8(2)15-7-6-11(17)16-12-9(13)4-3-5-10(12)14/h3-5,8,15H,6-7H2,1-2H3,(H,16,17). The van der Waals surface area contributed by atoms with Gasteiger partial charge in [0.05, 0.1) is 0 Å². The molecule has 0 aliphatic carbocycles. The van der Waals surface area contributed by atoms with Crippen LogP contribution in [-0.2, 0) is 4.79 Å². The van der Waals surface area contributed by atoms with E-state index in [0.717, 1.165) is 12.1 Å². The van der Waals surface area contributed by atoms with Crippen molar-refractivity contribution in [3.8, 4) is 0 Å². The molecule has 5 heteroatoms. The normalized spacial score (nSPS) is 10.6. The van der Waals surface area contributed by atoms with E-state index in [4.69, 9.17) is 0 Å². The molecule has 0 aliphatic rings. The zero-order valence-corrected chi connectivity index (χ0v) is 9.89. The molecule has 3 nitrogen and oxygen atoms in total. The molecule has 0 aromatic heterocycles. The summed E-state index contributed by atoms with van der Waals surface area (Å²) in [5.41, 5.74) is -0.387. The van der Waals surface area contributed by atoms with E-state index in [9.17, 15) is 13.6 Å². The first-order valence-corrected chi connectivity index (χ1v) is 5.48. The number of halogens is 2. The fourth-order valence-corrected chi connectivity index (χ4v) is 1.29. The number of amides is 1. The highest BCUT2D eigenvalue weighted by atomic mass is 19.1. The van der Waals surface area contributed by atoms with Crippen LogP contribution in [0.3, 0.4) is 0 Å². The van der Waals surface area contributed by atoms with E-state index in [-0.39, 0.29) is 18.2 Å². The first-order chi connectivity index (χ1) is 8.00. The van der Waals surface area contributed by atoms with Crippen LogP contribution in [-0.4, -0.2) is 18.5 Å². The number of hydrogen-bond donors (Lipinski definition) is 2. The SMILES string of the molecule is CC(C)NCCC(=O)Nc1c(F)cccc1F. The van der Waals surface area contributed by atoms with Gasteiger partial charge in [-0.25, -0.2) is 8.78 Å². The fourth-order valence-electron chi connectivity index (χ4n) is 1.29. The maximum Gasteiger partial charge on any atom is 0.225 e. The Labute approximate surface area is 99.2 Å². The lowest BCUT2D eigenvalue weighted by molar-refractivity contribution is -0.116. The molecule has 0 spiro atoms. The van der Waals surface area contributed by atoms with Crippen molar-refractivity contribution in [3.63, 3.8) is 0 Å². The first kappa shape index (κ1) is 13.6. The van der Waals surface area contributed by atoms with Gasteiger partial charge >= 0.3 is 0 Å². The lowest BCUT2D eigenvalue weighted by Crippen LogP contribution is -2.27. The predicted octanol–water partition coefficient (Wildman–Crippen LogP) is 2.29. The van der Waals surface area contributed by atoms with Crippen LogP contribution in [0.1, 0.15) is 20.3 Å². The van der Waals surface area contributed by atoms with Gasteiger partial charge in [0.2, 0.25) is 5.91 Å². The minimum absolute atomic E-state index is 0.173. The highest BCUT2D eigenvalue weighted by molar-refractivity contribution is 5.91. The molecule has 2 N–H and O–H groups in total. The molecule has 1 amide bonds. The molecule has 94 valence electrons. The quantitative estimate of drug-likeness (QED) is 0.831. The molecule has 0 saturated heterocycles. The first-order valence-electron chi connectivity index (χ1n) is 5.48. The maximum absolute atomic E-state index is 13.2. The van der Waals surface area contributed by atoms with Crippen LogP contribution in [0.2, 0.25) is 0 Å². The van der Waals surface area contributed by atoms with Gasteiger partial charge in [0.25, 0.3) is 0 Å². The lowest BCUT2D eigenvalue weighted by atomic mass is 10.2. The third-order valence-corrected chi connectivity index (χ3v) is 2.13. The van der Waals surface area contributed by atoms with Gasteiger partial charge in [-0.15, -0.1) is 0 Å². The van der Waals surface area contributed by atoms with Gasteiger partial charge in [-0.2, -0.15) is 0 Å². The molecular formula is C12H16F2N2O. The Morgan fingerprint density at radius 2 is 1.88 bits per heavy atom. The van der Waals surface area contributed by atoms with Crippen LogP contribution in [0.15, 0.2) is 18.2 Å². The number of benzene rings is 1.